The minimum Gasteiger partial charge on any atom is -0.314 e. The topological polar surface area (TPSA) is 9.23 Å². The van der Waals surface area contributed by atoms with Gasteiger partial charge in [-0.15, -0.1) is 9.24 Å². The normalized spacial score (nSPS) is 9.80. The molecule has 0 radical (unpaired) electrons. The van der Waals surface area contributed by atoms with E-state index in [1.807, 2.05) is 18.2 Å². The van der Waals surface area contributed by atoms with E-state index in [0.717, 1.165) is 4.90 Å². The van der Waals surface area contributed by atoms with E-state index in [1.165, 1.54) is 17.3 Å². The van der Waals surface area contributed by atoms with Crippen LogP contribution in [-0.4, -0.2) is 7.11 Å². The van der Waals surface area contributed by atoms with Gasteiger partial charge in [0.2, 0.25) is 0 Å². The Morgan fingerprint density at radius 3 is 2.90 bits per heavy atom. The molecule has 0 bridgehead atoms. The van der Waals surface area contributed by atoms with Crippen molar-refractivity contribution in [3.63, 3.8) is 0 Å². The van der Waals surface area contributed by atoms with Gasteiger partial charge in [0.1, 0.15) is 0 Å². The molecule has 0 aromatic heterocycles. The summed E-state index contributed by atoms with van der Waals surface area (Å²) in [5, 5.41) is 1.18. The summed E-state index contributed by atoms with van der Waals surface area (Å²) in [6.07, 6.45) is 0. The molecule has 10 heavy (non-hydrogen) atoms. The van der Waals surface area contributed by atoms with Gasteiger partial charge in [-0.25, -0.2) is 0 Å². The number of rotatable bonds is 2. The summed E-state index contributed by atoms with van der Waals surface area (Å²) in [5.74, 6) is 0. The Balaban J connectivity index is 2.75. The summed E-state index contributed by atoms with van der Waals surface area (Å²) in [6, 6.07) is 8.11. The smallest absolute Gasteiger partial charge is 0.0508 e. The van der Waals surface area contributed by atoms with Crippen LogP contribution in [0.2, 0.25) is 0 Å². The van der Waals surface area contributed by atoms with E-state index in [1.54, 1.807) is 7.11 Å². The third-order valence-electron chi connectivity index (χ3n) is 1.04. The first-order valence-electron chi connectivity index (χ1n) is 2.89. The van der Waals surface area contributed by atoms with Crippen LogP contribution >= 0.6 is 21.3 Å². The SMILES string of the molecule is COSc1cccc(P)c1. The van der Waals surface area contributed by atoms with Crippen molar-refractivity contribution in [1.29, 1.82) is 0 Å². The Hall–Kier alpha value is -0.0400. The maximum Gasteiger partial charge on any atom is 0.0508 e. The average molecular weight is 172 g/mol. The fourth-order valence-corrected chi connectivity index (χ4v) is 1.58. The van der Waals surface area contributed by atoms with Crippen LogP contribution in [0, 0.1) is 0 Å². The van der Waals surface area contributed by atoms with Gasteiger partial charge >= 0.3 is 0 Å². The van der Waals surface area contributed by atoms with Gasteiger partial charge in [0, 0.05) is 16.9 Å². The van der Waals surface area contributed by atoms with Crippen LogP contribution < -0.4 is 5.30 Å². The van der Waals surface area contributed by atoms with Gasteiger partial charge < -0.3 is 4.18 Å². The van der Waals surface area contributed by atoms with Crippen molar-refractivity contribution in [3.8, 4) is 0 Å². The molecule has 0 aliphatic carbocycles. The quantitative estimate of drug-likeness (QED) is 0.497. The molecule has 54 valence electrons. The predicted molar refractivity (Wildman–Crippen MR) is 48.7 cm³/mol. The van der Waals surface area contributed by atoms with E-state index in [-0.39, 0.29) is 0 Å². The fraction of sp³-hybridized carbons (Fsp3) is 0.143. The van der Waals surface area contributed by atoms with Crippen LogP contribution in [0.5, 0.6) is 0 Å². The molecule has 0 heterocycles. The van der Waals surface area contributed by atoms with E-state index in [0.29, 0.717) is 0 Å². The third kappa shape index (κ3) is 2.30. The van der Waals surface area contributed by atoms with Crippen LogP contribution in [0.1, 0.15) is 0 Å². The third-order valence-corrected chi connectivity index (χ3v) is 2.01. The maximum atomic E-state index is 4.89. The van der Waals surface area contributed by atoms with E-state index in [9.17, 15) is 0 Å². The highest BCUT2D eigenvalue weighted by molar-refractivity contribution is 7.94. The van der Waals surface area contributed by atoms with Gasteiger partial charge in [-0.05, 0) is 17.4 Å². The molecule has 1 atom stereocenters. The molecular formula is C7H9OPS. The standard InChI is InChI=1S/C7H9OPS/c1-8-10-7-4-2-3-6(9)5-7/h2-5H,9H2,1H3. The Morgan fingerprint density at radius 2 is 2.30 bits per heavy atom. The Kier molecular flexibility index (Phi) is 3.20. The van der Waals surface area contributed by atoms with Crippen LogP contribution in [0.3, 0.4) is 0 Å². The molecule has 0 N–H and O–H groups in total. The summed E-state index contributed by atoms with van der Waals surface area (Å²) in [4.78, 5) is 1.13. The van der Waals surface area contributed by atoms with Crippen molar-refractivity contribution in [2.75, 3.05) is 7.11 Å². The first kappa shape index (κ1) is 8.06. The summed E-state index contributed by atoms with van der Waals surface area (Å²) in [7, 11) is 4.31. The highest BCUT2D eigenvalue weighted by Crippen LogP contribution is 2.16. The monoisotopic (exact) mass is 172 g/mol. The lowest BCUT2D eigenvalue weighted by molar-refractivity contribution is 0.490. The molecule has 0 saturated heterocycles. The minimum absolute atomic E-state index is 1.13. The van der Waals surface area contributed by atoms with E-state index >= 15 is 0 Å². The van der Waals surface area contributed by atoms with E-state index in [2.05, 4.69) is 15.3 Å². The summed E-state index contributed by atoms with van der Waals surface area (Å²) in [5.41, 5.74) is 0. The minimum atomic E-state index is 1.13. The molecule has 0 fully saturated rings. The van der Waals surface area contributed by atoms with E-state index < -0.39 is 0 Å². The van der Waals surface area contributed by atoms with Crippen LogP contribution in [-0.2, 0) is 4.18 Å². The van der Waals surface area contributed by atoms with Gasteiger partial charge in [0.15, 0.2) is 0 Å². The second kappa shape index (κ2) is 3.97. The van der Waals surface area contributed by atoms with Gasteiger partial charge in [-0.2, -0.15) is 0 Å². The molecule has 1 aromatic rings. The van der Waals surface area contributed by atoms with Crippen molar-refractivity contribution in [3.05, 3.63) is 24.3 Å². The number of benzene rings is 1. The second-order valence-corrected chi connectivity index (χ2v) is 3.46. The van der Waals surface area contributed by atoms with Gasteiger partial charge in [-0.1, -0.05) is 12.1 Å². The highest BCUT2D eigenvalue weighted by atomic mass is 32.2. The van der Waals surface area contributed by atoms with Gasteiger partial charge in [-0.3, -0.25) is 0 Å². The summed E-state index contributed by atoms with van der Waals surface area (Å²) < 4.78 is 4.89. The molecular weight excluding hydrogens is 163 g/mol. The Labute approximate surface area is 67.6 Å². The first-order chi connectivity index (χ1) is 4.83. The maximum absolute atomic E-state index is 4.89. The first-order valence-corrected chi connectivity index (χ1v) is 4.21. The zero-order valence-corrected chi connectivity index (χ0v) is 7.67. The molecule has 1 rings (SSSR count). The molecule has 0 saturated carbocycles. The molecule has 1 nitrogen and oxygen atoms in total. The number of hydrogen-bond acceptors (Lipinski definition) is 2. The Morgan fingerprint density at radius 1 is 1.50 bits per heavy atom. The van der Waals surface area contributed by atoms with Crippen molar-refractivity contribution >= 4 is 26.6 Å². The zero-order chi connectivity index (χ0) is 7.40. The Bertz CT molecular complexity index is 215. The molecule has 1 aromatic carbocycles. The molecule has 0 aliphatic heterocycles. The lowest BCUT2D eigenvalue weighted by Gasteiger charge is -1.97. The van der Waals surface area contributed by atoms with Gasteiger partial charge in [0.25, 0.3) is 0 Å². The van der Waals surface area contributed by atoms with Crippen molar-refractivity contribution < 1.29 is 4.18 Å². The molecule has 0 spiro atoms. The summed E-state index contributed by atoms with van der Waals surface area (Å²) in [6.45, 7) is 0. The average Bonchev–Trinajstić information content (AvgIpc) is 1.88. The molecule has 0 amide bonds. The second-order valence-electron chi connectivity index (χ2n) is 1.82. The predicted octanol–water partition coefficient (Wildman–Crippen LogP) is 1.84. The van der Waals surface area contributed by atoms with Crippen molar-refractivity contribution in [1.82, 2.24) is 0 Å². The largest absolute Gasteiger partial charge is 0.314 e. The van der Waals surface area contributed by atoms with Gasteiger partial charge in [0.05, 0.1) is 7.11 Å². The zero-order valence-electron chi connectivity index (χ0n) is 5.70. The highest BCUT2D eigenvalue weighted by Gasteiger charge is 1.90. The lowest BCUT2D eigenvalue weighted by Crippen LogP contribution is -1.87. The fourth-order valence-electron chi connectivity index (χ4n) is 0.663. The van der Waals surface area contributed by atoms with Crippen LogP contribution in [0.15, 0.2) is 29.2 Å². The van der Waals surface area contributed by atoms with Crippen LogP contribution in [0.25, 0.3) is 0 Å². The van der Waals surface area contributed by atoms with Crippen molar-refractivity contribution in [2.45, 2.75) is 4.90 Å². The van der Waals surface area contributed by atoms with Crippen LogP contribution in [0.4, 0.5) is 0 Å². The van der Waals surface area contributed by atoms with E-state index in [4.69, 9.17) is 4.18 Å². The number of hydrogen-bond donors (Lipinski definition) is 0. The lowest BCUT2D eigenvalue weighted by atomic mass is 10.4. The van der Waals surface area contributed by atoms with Crippen molar-refractivity contribution in [2.24, 2.45) is 0 Å². The molecule has 3 heteroatoms. The molecule has 1 unspecified atom stereocenters. The molecule has 0 aliphatic rings. The summed E-state index contributed by atoms with van der Waals surface area (Å²) >= 11 is 1.38.